The van der Waals surface area contributed by atoms with Gasteiger partial charge in [-0.3, -0.25) is 0 Å². The molecule has 96 valence electrons. The summed E-state index contributed by atoms with van der Waals surface area (Å²) in [4.78, 5) is 4.20. The van der Waals surface area contributed by atoms with Crippen molar-refractivity contribution < 1.29 is 8.78 Å². The van der Waals surface area contributed by atoms with Gasteiger partial charge in [-0.2, -0.15) is 0 Å². The maximum atomic E-state index is 13.9. The topological polar surface area (TPSA) is 29.9 Å². The van der Waals surface area contributed by atoms with Gasteiger partial charge in [-0.25, -0.2) is 13.8 Å². The number of nitrogens with zero attached hydrogens (tertiary/aromatic N) is 2. The van der Waals surface area contributed by atoms with Gasteiger partial charge in [0, 0.05) is 31.1 Å². The number of hydrogen-bond donors (Lipinski definition) is 1. The van der Waals surface area contributed by atoms with Crippen molar-refractivity contribution in [3.05, 3.63) is 53.1 Å². The molecule has 1 aromatic heterocycles. The van der Waals surface area contributed by atoms with Crippen molar-refractivity contribution >= 4 is 0 Å². The molecule has 18 heavy (non-hydrogen) atoms. The van der Waals surface area contributed by atoms with Gasteiger partial charge in [0.2, 0.25) is 0 Å². The third-order valence-electron chi connectivity index (χ3n) is 2.99. The summed E-state index contributed by atoms with van der Waals surface area (Å²) >= 11 is 0. The van der Waals surface area contributed by atoms with Crippen LogP contribution in [-0.4, -0.2) is 16.6 Å². The first-order valence-electron chi connectivity index (χ1n) is 5.64. The van der Waals surface area contributed by atoms with E-state index in [0.717, 1.165) is 6.07 Å². The lowest BCUT2D eigenvalue weighted by atomic mass is 10.0. The summed E-state index contributed by atoms with van der Waals surface area (Å²) in [5.74, 6) is -0.422. The Hall–Kier alpha value is -1.75. The zero-order chi connectivity index (χ0) is 13.3. The molecule has 0 fully saturated rings. The van der Waals surface area contributed by atoms with Gasteiger partial charge in [0.1, 0.15) is 17.5 Å². The van der Waals surface area contributed by atoms with Gasteiger partial charge in [-0.05, 0) is 25.6 Å². The molecular formula is C13H15F2N3. The van der Waals surface area contributed by atoms with Crippen molar-refractivity contribution in [1.29, 1.82) is 0 Å². The lowest BCUT2D eigenvalue weighted by Crippen LogP contribution is -2.22. The number of benzene rings is 1. The Bertz CT molecular complexity index is 563. The van der Waals surface area contributed by atoms with E-state index in [1.165, 1.54) is 6.07 Å². The molecule has 1 N–H and O–H groups in total. The van der Waals surface area contributed by atoms with Crippen LogP contribution in [0.5, 0.6) is 0 Å². The summed E-state index contributed by atoms with van der Waals surface area (Å²) in [5.41, 5.74) is 0.812. The Morgan fingerprint density at radius 2 is 2.00 bits per heavy atom. The number of halogens is 2. The van der Waals surface area contributed by atoms with E-state index in [9.17, 15) is 8.78 Å². The molecule has 1 unspecified atom stereocenters. The molecule has 3 nitrogen and oxygen atoms in total. The van der Waals surface area contributed by atoms with Gasteiger partial charge in [0.15, 0.2) is 0 Å². The quantitative estimate of drug-likeness (QED) is 0.907. The fourth-order valence-electron chi connectivity index (χ4n) is 1.98. The molecule has 5 heteroatoms. The van der Waals surface area contributed by atoms with Gasteiger partial charge in [-0.15, -0.1) is 0 Å². The molecule has 2 aromatic rings. The minimum Gasteiger partial charge on any atom is -0.336 e. The van der Waals surface area contributed by atoms with Crippen LogP contribution in [-0.2, 0) is 7.05 Å². The molecular weight excluding hydrogens is 236 g/mol. The monoisotopic (exact) mass is 251 g/mol. The summed E-state index contributed by atoms with van der Waals surface area (Å²) < 4.78 is 28.9. The largest absolute Gasteiger partial charge is 0.336 e. The van der Waals surface area contributed by atoms with Crippen LogP contribution in [0.2, 0.25) is 0 Å². The lowest BCUT2D eigenvalue weighted by molar-refractivity contribution is 0.533. The fourth-order valence-corrected chi connectivity index (χ4v) is 1.98. The maximum Gasteiger partial charge on any atom is 0.131 e. The molecule has 2 rings (SSSR count). The van der Waals surface area contributed by atoms with Crippen molar-refractivity contribution in [2.45, 2.75) is 13.0 Å². The third-order valence-corrected chi connectivity index (χ3v) is 2.99. The fraction of sp³-hybridized carbons (Fsp3) is 0.308. The number of aryl methyl sites for hydroxylation is 2. The highest BCUT2D eigenvalue weighted by molar-refractivity contribution is 5.31. The van der Waals surface area contributed by atoms with E-state index < -0.39 is 17.7 Å². The molecule has 0 amide bonds. The van der Waals surface area contributed by atoms with Crippen LogP contribution >= 0.6 is 0 Å². The first kappa shape index (κ1) is 12.7. The van der Waals surface area contributed by atoms with Crippen LogP contribution in [0.15, 0.2) is 24.5 Å². The smallest absolute Gasteiger partial charge is 0.131 e. The SMILES string of the molecule is CNC(c1cc(C)c(F)cc1F)c1nccn1C. The van der Waals surface area contributed by atoms with Gasteiger partial charge in [0.25, 0.3) is 0 Å². The summed E-state index contributed by atoms with van der Waals surface area (Å²) in [6.07, 6.45) is 3.43. The van der Waals surface area contributed by atoms with Crippen LogP contribution < -0.4 is 5.32 Å². The Labute approximate surface area is 104 Å². The molecule has 0 aliphatic carbocycles. The molecule has 0 saturated heterocycles. The van der Waals surface area contributed by atoms with Crippen molar-refractivity contribution in [2.24, 2.45) is 7.05 Å². The van der Waals surface area contributed by atoms with Crippen molar-refractivity contribution in [3.63, 3.8) is 0 Å². The second-order valence-corrected chi connectivity index (χ2v) is 4.24. The summed E-state index contributed by atoms with van der Waals surface area (Å²) in [6, 6.07) is 2.03. The summed E-state index contributed by atoms with van der Waals surface area (Å²) in [7, 11) is 3.55. The molecule has 0 saturated carbocycles. The van der Waals surface area contributed by atoms with Crippen LogP contribution in [0.1, 0.15) is 23.0 Å². The molecule has 0 bridgehead atoms. The first-order valence-corrected chi connectivity index (χ1v) is 5.64. The molecule has 1 aromatic carbocycles. The second kappa shape index (κ2) is 4.86. The van der Waals surface area contributed by atoms with E-state index in [0.29, 0.717) is 17.0 Å². The van der Waals surface area contributed by atoms with E-state index >= 15 is 0 Å². The average Bonchev–Trinajstić information content (AvgIpc) is 2.73. The van der Waals surface area contributed by atoms with Crippen LogP contribution in [0.3, 0.4) is 0 Å². The first-order chi connectivity index (χ1) is 8.54. The zero-order valence-corrected chi connectivity index (χ0v) is 10.5. The Balaban J connectivity index is 2.52. The Morgan fingerprint density at radius 3 is 2.56 bits per heavy atom. The Kier molecular flexibility index (Phi) is 3.43. The summed E-state index contributed by atoms with van der Waals surface area (Å²) in [6.45, 7) is 1.61. The number of aromatic nitrogens is 2. The van der Waals surface area contributed by atoms with E-state index in [4.69, 9.17) is 0 Å². The van der Waals surface area contributed by atoms with Crippen LogP contribution in [0.25, 0.3) is 0 Å². The van der Waals surface area contributed by atoms with E-state index in [2.05, 4.69) is 10.3 Å². The van der Waals surface area contributed by atoms with Crippen molar-refractivity contribution in [3.8, 4) is 0 Å². The highest BCUT2D eigenvalue weighted by Crippen LogP contribution is 2.25. The highest BCUT2D eigenvalue weighted by atomic mass is 19.1. The maximum absolute atomic E-state index is 13.9. The van der Waals surface area contributed by atoms with Crippen LogP contribution in [0, 0.1) is 18.6 Å². The standard InChI is InChI=1S/C13H15F2N3/c1-8-6-9(11(15)7-10(8)14)12(16-2)13-17-4-5-18(13)3/h4-7,12,16H,1-3H3. The van der Waals surface area contributed by atoms with Gasteiger partial charge >= 0.3 is 0 Å². The predicted octanol–water partition coefficient (Wildman–Crippen LogP) is 2.32. The molecule has 1 atom stereocenters. The molecule has 0 aliphatic heterocycles. The van der Waals surface area contributed by atoms with E-state index in [1.54, 1.807) is 30.9 Å². The third kappa shape index (κ3) is 2.13. The van der Waals surface area contributed by atoms with Crippen LogP contribution in [0.4, 0.5) is 8.78 Å². The number of imidazole rings is 1. The van der Waals surface area contributed by atoms with Gasteiger partial charge in [0.05, 0.1) is 6.04 Å². The molecule has 1 heterocycles. The number of rotatable bonds is 3. The second-order valence-electron chi connectivity index (χ2n) is 4.24. The number of hydrogen-bond acceptors (Lipinski definition) is 2. The normalized spacial score (nSPS) is 12.7. The number of nitrogens with one attached hydrogen (secondary N) is 1. The van der Waals surface area contributed by atoms with E-state index in [-0.39, 0.29) is 0 Å². The minimum atomic E-state index is -0.569. The predicted molar refractivity (Wildman–Crippen MR) is 65.2 cm³/mol. The highest BCUT2D eigenvalue weighted by Gasteiger charge is 2.21. The molecule has 0 aliphatic rings. The van der Waals surface area contributed by atoms with Gasteiger partial charge < -0.3 is 9.88 Å². The zero-order valence-electron chi connectivity index (χ0n) is 10.5. The molecule has 0 radical (unpaired) electrons. The lowest BCUT2D eigenvalue weighted by Gasteiger charge is -2.18. The molecule has 0 spiro atoms. The minimum absolute atomic E-state index is 0.394. The average molecular weight is 251 g/mol. The summed E-state index contributed by atoms with van der Waals surface area (Å²) in [5, 5.41) is 3.00. The van der Waals surface area contributed by atoms with Gasteiger partial charge in [-0.1, -0.05) is 0 Å². The Morgan fingerprint density at radius 1 is 1.28 bits per heavy atom. The van der Waals surface area contributed by atoms with E-state index in [1.807, 2.05) is 7.05 Å². The van der Waals surface area contributed by atoms with Crippen molar-refractivity contribution in [2.75, 3.05) is 7.05 Å². The van der Waals surface area contributed by atoms with Crippen molar-refractivity contribution in [1.82, 2.24) is 14.9 Å².